The van der Waals surface area contributed by atoms with Crippen molar-refractivity contribution in [1.29, 1.82) is 0 Å². The van der Waals surface area contributed by atoms with Crippen LogP contribution < -0.4 is 0 Å². The van der Waals surface area contributed by atoms with Crippen LogP contribution in [0.1, 0.15) is 0 Å². The predicted molar refractivity (Wildman–Crippen MR) is 30.7 cm³/mol. The van der Waals surface area contributed by atoms with Crippen molar-refractivity contribution < 1.29 is 9.53 Å². The van der Waals surface area contributed by atoms with Gasteiger partial charge in [0, 0.05) is 6.92 Å². The number of carbonyl (C=O) groups is 1. The number of nitrogens with zero attached hydrogens (tertiary/aromatic N) is 1. The fourth-order valence-electron chi connectivity index (χ4n) is 0.141. The van der Waals surface area contributed by atoms with Crippen molar-refractivity contribution in [3.05, 3.63) is 6.92 Å². The van der Waals surface area contributed by atoms with Crippen LogP contribution in [-0.4, -0.2) is 17.9 Å². The standard InChI is InChI=1S/C4H3NO2S/c1-2-7-4(6)5-3-8/h1H,2H2. The Morgan fingerprint density at radius 3 is 3.00 bits per heavy atom. The number of carbonyl (C=O) groups excluding carboxylic acids is 1. The molecule has 4 heteroatoms. The van der Waals surface area contributed by atoms with Crippen molar-refractivity contribution in [2.45, 2.75) is 0 Å². The third-order valence-electron chi connectivity index (χ3n) is 0.344. The first-order chi connectivity index (χ1) is 3.81. The van der Waals surface area contributed by atoms with Crippen molar-refractivity contribution in [2.75, 3.05) is 6.61 Å². The summed E-state index contributed by atoms with van der Waals surface area (Å²) in [5.74, 6) is 0. The summed E-state index contributed by atoms with van der Waals surface area (Å²) in [6.45, 7) is 4.61. The molecule has 0 spiro atoms. The fourth-order valence-corrected chi connectivity index (χ4v) is 0.215. The summed E-state index contributed by atoms with van der Waals surface area (Å²) in [5, 5.41) is 1.83. The third kappa shape index (κ3) is 3.46. The van der Waals surface area contributed by atoms with Gasteiger partial charge in [0.15, 0.2) is 0 Å². The van der Waals surface area contributed by atoms with Crippen LogP contribution in [0, 0.1) is 6.92 Å². The number of aliphatic imine (C=N–C) groups is 1. The van der Waals surface area contributed by atoms with E-state index in [1.165, 1.54) is 0 Å². The molecule has 0 heterocycles. The molecule has 0 saturated heterocycles. The van der Waals surface area contributed by atoms with Gasteiger partial charge in [-0.05, 0) is 12.2 Å². The van der Waals surface area contributed by atoms with E-state index < -0.39 is 6.09 Å². The summed E-state index contributed by atoms with van der Waals surface area (Å²) in [6, 6.07) is 0. The molecule has 42 valence electrons. The molecule has 0 atom stereocenters. The molecule has 1 amide bonds. The smallest absolute Gasteiger partial charge is 0.442 e. The average molecular weight is 129 g/mol. The van der Waals surface area contributed by atoms with E-state index >= 15 is 0 Å². The summed E-state index contributed by atoms with van der Waals surface area (Å²) in [6.07, 6.45) is -0.803. The van der Waals surface area contributed by atoms with E-state index in [4.69, 9.17) is 6.92 Å². The van der Waals surface area contributed by atoms with Crippen molar-refractivity contribution in [3.8, 4) is 0 Å². The van der Waals surface area contributed by atoms with Crippen LogP contribution in [0.25, 0.3) is 0 Å². The van der Waals surface area contributed by atoms with Crippen LogP contribution in [0.4, 0.5) is 4.79 Å². The maximum absolute atomic E-state index is 10.0. The molecule has 0 aromatic rings. The number of amides is 1. The Morgan fingerprint density at radius 2 is 2.62 bits per heavy atom. The molecule has 0 rings (SSSR count). The number of rotatable bonds is 1. The summed E-state index contributed by atoms with van der Waals surface area (Å²) in [5.41, 5.74) is 0. The minimum atomic E-state index is -0.803. The molecule has 0 bridgehead atoms. The number of hydrogen-bond acceptors (Lipinski definition) is 3. The highest BCUT2D eigenvalue weighted by molar-refractivity contribution is 7.78. The highest BCUT2D eigenvalue weighted by atomic mass is 32.1. The first-order valence-electron chi connectivity index (χ1n) is 1.76. The second kappa shape index (κ2) is 4.43. The van der Waals surface area contributed by atoms with Crippen molar-refractivity contribution in [3.63, 3.8) is 0 Å². The van der Waals surface area contributed by atoms with E-state index in [0.29, 0.717) is 0 Å². The lowest BCUT2D eigenvalue weighted by Crippen LogP contribution is -1.95. The zero-order chi connectivity index (χ0) is 6.41. The van der Waals surface area contributed by atoms with Gasteiger partial charge in [-0.2, -0.15) is 0 Å². The molecule has 0 fully saturated rings. The van der Waals surface area contributed by atoms with E-state index in [-0.39, 0.29) is 6.61 Å². The van der Waals surface area contributed by atoms with Gasteiger partial charge in [-0.3, -0.25) is 0 Å². The molecule has 2 radical (unpaired) electrons. The molecular formula is C4H3NO2S. The number of ether oxygens (including phenoxy) is 1. The molecule has 0 aliphatic rings. The zero-order valence-corrected chi connectivity index (χ0v) is 4.77. The quantitative estimate of drug-likeness (QED) is 0.390. The molecule has 8 heavy (non-hydrogen) atoms. The Kier molecular flexibility index (Phi) is 4.03. The maximum atomic E-state index is 10.0. The SMILES string of the molecule is [CH]COC(=O)N=C=S. The minimum Gasteiger partial charge on any atom is -0.447 e. The Balaban J connectivity index is 3.49. The van der Waals surface area contributed by atoms with Crippen LogP contribution in [0.15, 0.2) is 4.99 Å². The van der Waals surface area contributed by atoms with E-state index in [1.54, 1.807) is 0 Å². The van der Waals surface area contributed by atoms with E-state index in [0.717, 1.165) is 0 Å². The minimum absolute atomic E-state index is 0.181. The van der Waals surface area contributed by atoms with Crippen molar-refractivity contribution in [2.24, 2.45) is 4.99 Å². The molecule has 0 aliphatic heterocycles. The van der Waals surface area contributed by atoms with Gasteiger partial charge in [0.25, 0.3) is 0 Å². The van der Waals surface area contributed by atoms with Gasteiger partial charge in [0.1, 0.15) is 0 Å². The van der Waals surface area contributed by atoms with Gasteiger partial charge in [0.2, 0.25) is 0 Å². The lowest BCUT2D eigenvalue weighted by Gasteiger charge is -1.88. The number of isothiocyanates is 1. The largest absolute Gasteiger partial charge is 0.447 e. The molecule has 3 nitrogen and oxygen atoms in total. The second-order valence-electron chi connectivity index (χ2n) is 0.780. The maximum Gasteiger partial charge on any atom is 0.442 e. The van der Waals surface area contributed by atoms with Crippen molar-refractivity contribution >= 4 is 23.5 Å². The van der Waals surface area contributed by atoms with Gasteiger partial charge in [-0.1, -0.05) is 0 Å². The van der Waals surface area contributed by atoms with Gasteiger partial charge in [0.05, 0.1) is 11.8 Å². The zero-order valence-electron chi connectivity index (χ0n) is 3.96. The second-order valence-corrected chi connectivity index (χ2v) is 0.963. The van der Waals surface area contributed by atoms with Gasteiger partial charge in [-0.15, -0.1) is 4.99 Å². The average Bonchev–Trinajstić information content (AvgIpc) is 1.68. The Hall–Kier alpha value is -0.730. The summed E-state index contributed by atoms with van der Waals surface area (Å²) < 4.78 is 4.13. The third-order valence-corrected chi connectivity index (χ3v) is 0.435. The highest BCUT2D eigenvalue weighted by Crippen LogP contribution is 1.78. The van der Waals surface area contributed by atoms with Crippen LogP contribution in [0.5, 0.6) is 0 Å². The van der Waals surface area contributed by atoms with Gasteiger partial charge in [-0.25, -0.2) is 4.79 Å². The molecule has 0 aliphatic carbocycles. The monoisotopic (exact) mass is 129 g/mol. The van der Waals surface area contributed by atoms with E-state index in [1.807, 2.05) is 5.16 Å². The number of hydrogen-bond donors (Lipinski definition) is 0. The Morgan fingerprint density at radius 1 is 2.00 bits per heavy atom. The van der Waals surface area contributed by atoms with Crippen molar-refractivity contribution in [1.82, 2.24) is 0 Å². The first kappa shape index (κ1) is 7.27. The van der Waals surface area contributed by atoms with Crippen LogP contribution >= 0.6 is 12.2 Å². The number of thiocarbonyl (C=S) groups is 1. The molecule has 0 saturated carbocycles. The van der Waals surface area contributed by atoms with Crippen LogP contribution in [0.2, 0.25) is 0 Å². The van der Waals surface area contributed by atoms with E-state index in [9.17, 15) is 4.79 Å². The molecule has 0 aromatic heterocycles. The predicted octanol–water partition coefficient (Wildman–Crippen LogP) is 0.937. The van der Waals surface area contributed by atoms with Gasteiger partial charge >= 0.3 is 6.09 Å². The van der Waals surface area contributed by atoms with E-state index in [2.05, 4.69) is 21.9 Å². The highest BCUT2D eigenvalue weighted by Gasteiger charge is 1.91. The Labute approximate surface area is 52.4 Å². The van der Waals surface area contributed by atoms with Gasteiger partial charge < -0.3 is 4.74 Å². The Bertz CT molecular complexity index is 128. The molecule has 0 unspecified atom stereocenters. The normalized spacial score (nSPS) is 7.12. The fraction of sp³-hybridized carbons (Fsp3) is 0.250. The first-order valence-corrected chi connectivity index (χ1v) is 2.16. The lowest BCUT2D eigenvalue weighted by molar-refractivity contribution is 0.169. The van der Waals surface area contributed by atoms with Crippen LogP contribution in [-0.2, 0) is 4.74 Å². The molecular weight excluding hydrogens is 126 g/mol. The topological polar surface area (TPSA) is 38.7 Å². The summed E-state index contributed by atoms with van der Waals surface area (Å²) in [4.78, 5) is 13.0. The van der Waals surface area contributed by atoms with Crippen LogP contribution in [0.3, 0.4) is 0 Å². The lowest BCUT2D eigenvalue weighted by atomic mass is 10.9. The molecule has 0 aromatic carbocycles. The summed E-state index contributed by atoms with van der Waals surface area (Å²) in [7, 11) is 0. The summed E-state index contributed by atoms with van der Waals surface area (Å²) >= 11 is 4.08. The molecule has 0 N–H and O–H groups in total.